The molecule has 7 aromatic carbocycles. The minimum atomic E-state index is 0.615. The maximum absolute atomic E-state index is 6.70. The van der Waals surface area contributed by atoms with Gasteiger partial charge in [-0.3, -0.25) is 0 Å². The normalized spacial score (nSPS) is 11.9. The molecule has 6 heteroatoms. The van der Waals surface area contributed by atoms with Crippen molar-refractivity contribution in [3.05, 3.63) is 158 Å². The van der Waals surface area contributed by atoms with Crippen molar-refractivity contribution in [3.8, 4) is 39.9 Å². The van der Waals surface area contributed by atoms with Gasteiger partial charge in [0.05, 0.1) is 27.2 Å². The smallest absolute Gasteiger partial charge is 0.164 e. The Morgan fingerprint density at radius 3 is 1.37 bits per heavy atom. The van der Waals surface area contributed by atoms with Gasteiger partial charge in [-0.1, -0.05) is 115 Å². The van der Waals surface area contributed by atoms with Crippen LogP contribution in [0.3, 0.4) is 0 Å². The van der Waals surface area contributed by atoms with Gasteiger partial charge in [0.15, 0.2) is 17.5 Å². The first-order valence-electron chi connectivity index (χ1n) is 17.0. The highest BCUT2D eigenvalue weighted by atomic mass is 16.3. The van der Waals surface area contributed by atoms with E-state index in [0.717, 1.165) is 88.1 Å². The molecule has 0 atom stereocenters. The topological polar surface area (TPSA) is 69.9 Å². The van der Waals surface area contributed by atoms with Crippen LogP contribution in [0.15, 0.2) is 167 Å². The number of rotatable bonds is 4. The molecule has 0 bridgehead atoms. The number of para-hydroxylation sites is 3. The first kappa shape index (κ1) is 27.9. The van der Waals surface area contributed by atoms with Gasteiger partial charge in [-0.2, -0.15) is 0 Å². The standard InChI is InChI=1S/C45H26N4O2/c1-3-13-27(14-4-1)43-46-44(28-15-5-2-6-16-28)48-45(47-43)29-23-25-30(26-24-29)49-34-20-10-7-17-31(34)37-40(49)38-32-18-8-11-21-35(32)50-42(38)39-33-19-9-12-22-36(33)51-41(37)39/h1-26H. The summed E-state index contributed by atoms with van der Waals surface area (Å²) >= 11 is 0. The Balaban J connectivity index is 1.18. The zero-order valence-corrected chi connectivity index (χ0v) is 27.1. The summed E-state index contributed by atoms with van der Waals surface area (Å²) in [6.07, 6.45) is 0. The quantitative estimate of drug-likeness (QED) is 0.189. The Kier molecular flexibility index (Phi) is 5.86. The average molecular weight is 655 g/mol. The van der Waals surface area contributed by atoms with Crippen LogP contribution in [0.4, 0.5) is 0 Å². The molecule has 6 nitrogen and oxygen atoms in total. The fourth-order valence-corrected chi connectivity index (χ4v) is 7.58. The van der Waals surface area contributed by atoms with Crippen LogP contribution in [0.2, 0.25) is 0 Å². The highest BCUT2D eigenvalue weighted by Gasteiger charge is 2.26. The van der Waals surface area contributed by atoms with Crippen LogP contribution in [0, 0.1) is 0 Å². The Hall–Kier alpha value is -7.05. The van der Waals surface area contributed by atoms with Crippen LogP contribution in [-0.2, 0) is 0 Å². The third-order valence-corrected chi connectivity index (χ3v) is 9.84. The van der Waals surface area contributed by atoms with E-state index in [1.807, 2.05) is 84.9 Å². The van der Waals surface area contributed by atoms with Gasteiger partial charge in [-0.15, -0.1) is 0 Å². The van der Waals surface area contributed by atoms with Crippen molar-refractivity contribution in [3.63, 3.8) is 0 Å². The minimum absolute atomic E-state index is 0.615. The molecule has 4 aromatic heterocycles. The van der Waals surface area contributed by atoms with Crippen molar-refractivity contribution in [2.24, 2.45) is 0 Å². The van der Waals surface area contributed by atoms with Crippen LogP contribution < -0.4 is 0 Å². The first-order chi connectivity index (χ1) is 25.3. The predicted molar refractivity (Wildman–Crippen MR) is 205 cm³/mol. The number of nitrogens with zero attached hydrogens (tertiary/aromatic N) is 4. The largest absolute Gasteiger partial charge is 0.455 e. The van der Waals surface area contributed by atoms with Gasteiger partial charge in [0.2, 0.25) is 0 Å². The highest BCUT2D eigenvalue weighted by Crippen LogP contribution is 2.48. The number of fused-ring (bicyclic) bond motifs is 12. The van der Waals surface area contributed by atoms with Gasteiger partial charge in [-0.05, 0) is 42.5 Å². The van der Waals surface area contributed by atoms with E-state index in [2.05, 4.69) is 77.4 Å². The van der Waals surface area contributed by atoms with E-state index < -0.39 is 0 Å². The van der Waals surface area contributed by atoms with Crippen LogP contribution in [0.1, 0.15) is 0 Å². The Morgan fingerprint density at radius 1 is 0.373 bits per heavy atom. The maximum Gasteiger partial charge on any atom is 0.164 e. The second-order valence-corrected chi connectivity index (χ2v) is 12.8. The summed E-state index contributed by atoms with van der Waals surface area (Å²) < 4.78 is 15.7. The Morgan fingerprint density at radius 2 is 0.804 bits per heavy atom. The van der Waals surface area contributed by atoms with Gasteiger partial charge in [-0.25, -0.2) is 15.0 Å². The zero-order chi connectivity index (χ0) is 33.5. The summed E-state index contributed by atoms with van der Waals surface area (Å²) in [4.78, 5) is 14.8. The summed E-state index contributed by atoms with van der Waals surface area (Å²) in [5.74, 6) is 1.88. The number of hydrogen-bond donors (Lipinski definition) is 0. The molecule has 0 radical (unpaired) electrons. The minimum Gasteiger partial charge on any atom is -0.455 e. The van der Waals surface area contributed by atoms with E-state index in [1.54, 1.807) is 0 Å². The van der Waals surface area contributed by atoms with E-state index in [0.29, 0.717) is 17.5 Å². The van der Waals surface area contributed by atoms with E-state index in [9.17, 15) is 0 Å². The summed E-state index contributed by atoms with van der Waals surface area (Å²) in [5, 5.41) is 6.36. The van der Waals surface area contributed by atoms with Crippen molar-refractivity contribution in [1.82, 2.24) is 19.5 Å². The number of furan rings is 2. The van der Waals surface area contributed by atoms with Gasteiger partial charge in [0, 0.05) is 38.5 Å². The van der Waals surface area contributed by atoms with Gasteiger partial charge in [0.25, 0.3) is 0 Å². The summed E-state index contributed by atoms with van der Waals surface area (Å²) in [6.45, 7) is 0. The molecule has 0 fully saturated rings. The molecule has 4 heterocycles. The molecule has 0 aliphatic heterocycles. The Labute approximate surface area is 290 Å². The van der Waals surface area contributed by atoms with Gasteiger partial charge >= 0.3 is 0 Å². The molecule has 238 valence electrons. The van der Waals surface area contributed by atoms with E-state index in [-0.39, 0.29) is 0 Å². The van der Waals surface area contributed by atoms with Crippen molar-refractivity contribution >= 4 is 65.7 Å². The lowest BCUT2D eigenvalue weighted by Crippen LogP contribution is -2.00. The fraction of sp³-hybridized carbons (Fsp3) is 0. The second-order valence-electron chi connectivity index (χ2n) is 12.8. The van der Waals surface area contributed by atoms with Crippen LogP contribution in [0.25, 0.3) is 106 Å². The molecule has 51 heavy (non-hydrogen) atoms. The number of benzene rings is 7. The molecule has 0 aliphatic carbocycles. The molecule has 0 spiro atoms. The molecule has 0 N–H and O–H groups in total. The molecule has 0 unspecified atom stereocenters. The van der Waals surface area contributed by atoms with Crippen LogP contribution in [0.5, 0.6) is 0 Å². The first-order valence-corrected chi connectivity index (χ1v) is 17.0. The van der Waals surface area contributed by atoms with Crippen molar-refractivity contribution in [1.29, 1.82) is 0 Å². The average Bonchev–Trinajstić information content (AvgIpc) is 3.88. The molecule has 0 saturated carbocycles. The van der Waals surface area contributed by atoms with Gasteiger partial charge in [0.1, 0.15) is 22.3 Å². The van der Waals surface area contributed by atoms with Crippen LogP contribution >= 0.6 is 0 Å². The van der Waals surface area contributed by atoms with Crippen molar-refractivity contribution < 1.29 is 8.83 Å². The van der Waals surface area contributed by atoms with Crippen molar-refractivity contribution in [2.75, 3.05) is 0 Å². The fourth-order valence-electron chi connectivity index (χ4n) is 7.58. The monoisotopic (exact) mass is 654 g/mol. The summed E-state index contributed by atoms with van der Waals surface area (Å²) in [7, 11) is 0. The zero-order valence-electron chi connectivity index (χ0n) is 27.1. The SMILES string of the molecule is c1ccc(-c2nc(-c3ccccc3)nc(-c3ccc(-n4c5ccccc5c5c6oc7ccccc7c6c6oc7ccccc7c6c54)cc3)n2)cc1. The number of hydrogen-bond acceptors (Lipinski definition) is 5. The summed E-state index contributed by atoms with van der Waals surface area (Å²) in [6, 6.07) is 53.6. The van der Waals surface area contributed by atoms with Crippen LogP contribution in [-0.4, -0.2) is 19.5 Å². The lowest BCUT2D eigenvalue weighted by atomic mass is 10.0. The molecule has 0 aliphatic rings. The highest BCUT2D eigenvalue weighted by molar-refractivity contribution is 6.37. The second kappa shape index (κ2) is 10.7. The molecule has 0 saturated heterocycles. The van der Waals surface area contributed by atoms with E-state index >= 15 is 0 Å². The van der Waals surface area contributed by atoms with Gasteiger partial charge < -0.3 is 13.4 Å². The van der Waals surface area contributed by atoms with Crippen molar-refractivity contribution in [2.45, 2.75) is 0 Å². The number of aromatic nitrogens is 4. The molecular weight excluding hydrogens is 629 g/mol. The van der Waals surface area contributed by atoms with E-state index in [4.69, 9.17) is 23.8 Å². The lowest BCUT2D eigenvalue weighted by molar-refractivity contribution is 0.665. The summed E-state index contributed by atoms with van der Waals surface area (Å²) in [5.41, 5.74) is 9.25. The lowest BCUT2D eigenvalue weighted by Gasteiger charge is -2.11. The third kappa shape index (κ3) is 4.14. The third-order valence-electron chi connectivity index (χ3n) is 9.84. The predicted octanol–water partition coefficient (Wildman–Crippen LogP) is 11.8. The van der Waals surface area contributed by atoms with E-state index in [1.165, 1.54) is 0 Å². The maximum atomic E-state index is 6.70. The molecular formula is C45H26N4O2. The molecule has 11 rings (SSSR count). The molecule has 0 amide bonds. The Bertz CT molecular complexity index is 3030. The molecule has 11 aromatic rings.